The van der Waals surface area contributed by atoms with Crippen molar-refractivity contribution in [3.63, 3.8) is 0 Å². The third-order valence-corrected chi connectivity index (χ3v) is 1.67. The molecule has 0 aliphatic carbocycles. The van der Waals surface area contributed by atoms with Crippen molar-refractivity contribution in [2.24, 2.45) is 0 Å². The molecule has 3 heteroatoms. The van der Waals surface area contributed by atoms with E-state index in [0.29, 0.717) is 12.3 Å². The first-order valence-corrected chi connectivity index (χ1v) is 4.79. The maximum Gasteiger partial charge on any atom is 0.317 e. The summed E-state index contributed by atoms with van der Waals surface area (Å²) in [5, 5.41) is 0. The number of aryl methyl sites for hydroxylation is 1. The first-order valence-electron chi connectivity index (χ1n) is 4.79. The van der Waals surface area contributed by atoms with Crippen molar-refractivity contribution in [2.75, 3.05) is 6.61 Å². The largest absolute Gasteiger partial charge is 0.465 e. The van der Waals surface area contributed by atoms with Crippen molar-refractivity contribution < 1.29 is 9.53 Å². The Morgan fingerprint density at radius 1 is 1.60 bits per heavy atom. The van der Waals surface area contributed by atoms with E-state index >= 15 is 0 Å². The molecule has 0 fully saturated rings. The van der Waals surface area contributed by atoms with Gasteiger partial charge in [0.2, 0.25) is 0 Å². The molecule has 3 nitrogen and oxygen atoms in total. The van der Waals surface area contributed by atoms with Crippen LogP contribution in [0.1, 0.15) is 24.6 Å². The molecule has 0 unspecified atom stereocenters. The van der Waals surface area contributed by atoms with Crippen LogP contribution in [0.4, 0.5) is 0 Å². The fraction of sp³-hybridized carbons (Fsp3) is 0.333. The van der Waals surface area contributed by atoms with Gasteiger partial charge in [-0.2, -0.15) is 0 Å². The van der Waals surface area contributed by atoms with Crippen LogP contribution in [0, 0.1) is 18.8 Å². The molecule has 0 radical (unpaired) electrons. The minimum absolute atomic E-state index is 0.115. The molecule has 0 atom stereocenters. The minimum Gasteiger partial charge on any atom is -0.465 e. The molecule has 15 heavy (non-hydrogen) atoms. The first-order chi connectivity index (χ1) is 7.22. The second-order valence-corrected chi connectivity index (χ2v) is 3.00. The zero-order chi connectivity index (χ0) is 11.1. The Morgan fingerprint density at radius 3 is 3.07 bits per heavy atom. The third-order valence-electron chi connectivity index (χ3n) is 1.67. The molecular weight excluding hydrogens is 190 g/mol. The number of ether oxygens (including phenoxy) is 1. The van der Waals surface area contributed by atoms with Gasteiger partial charge in [0.15, 0.2) is 0 Å². The minimum atomic E-state index is -0.294. The van der Waals surface area contributed by atoms with Gasteiger partial charge < -0.3 is 4.74 Å². The first kappa shape index (κ1) is 11.3. The molecule has 1 aromatic rings. The van der Waals surface area contributed by atoms with Gasteiger partial charge in [0.1, 0.15) is 12.1 Å². The Hall–Kier alpha value is -1.82. The number of aromatic nitrogens is 1. The van der Waals surface area contributed by atoms with Crippen molar-refractivity contribution in [1.82, 2.24) is 4.98 Å². The second kappa shape index (κ2) is 5.82. The molecule has 1 aromatic heterocycles. The number of hydrogen-bond acceptors (Lipinski definition) is 3. The van der Waals surface area contributed by atoms with Gasteiger partial charge in [-0.05, 0) is 37.5 Å². The zero-order valence-electron chi connectivity index (χ0n) is 8.91. The van der Waals surface area contributed by atoms with E-state index in [1.807, 2.05) is 19.1 Å². The van der Waals surface area contributed by atoms with Crippen LogP contribution in [-0.4, -0.2) is 17.6 Å². The van der Waals surface area contributed by atoms with E-state index < -0.39 is 0 Å². The van der Waals surface area contributed by atoms with Crippen molar-refractivity contribution in [3.8, 4) is 11.8 Å². The highest BCUT2D eigenvalue weighted by atomic mass is 16.5. The number of pyridine rings is 1. The lowest BCUT2D eigenvalue weighted by atomic mass is 10.2. The molecule has 0 saturated carbocycles. The molecule has 0 N–H and O–H groups in total. The lowest BCUT2D eigenvalue weighted by Gasteiger charge is -1.95. The SMILES string of the molecule is CCOC(=O)CC#Cc1cc(C)ccn1. The second-order valence-electron chi connectivity index (χ2n) is 3.00. The Kier molecular flexibility index (Phi) is 4.36. The average molecular weight is 203 g/mol. The van der Waals surface area contributed by atoms with Crippen LogP contribution >= 0.6 is 0 Å². The maximum absolute atomic E-state index is 11.0. The van der Waals surface area contributed by atoms with E-state index in [1.54, 1.807) is 13.1 Å². The summed E-state index contributed by atoms with van der Waals surface area (Å²) >= 11 is 0. The number of rotatable bonds is 2. The van der Waals surface area contributed by atoms with Crippen LogP contribution in [0.15, 0.2) is 18.3 Å². The quantitative estimate of drug-likeness (QED) is 0.542. The molecule has 0 spiro atoms. The Balaban J connectivity index is 2.55. The van der Waals surface area contributed by atoms with E-state index in [9.17, 15) is 4.79 Å². The highest BCUT2D eigenvalue weighted by Gasteiger charge is 1.96. The molecule has 1 rings (SSSR count). The van der Waals surface area contributed by atoms with Gasteiger partial charge in [0.05, 0.1) is 6.61 Å². The van der Waals surface area contributed by atoms with Gasteiger partial charge in [-0.25, -0.2) is 4.98 Å². The number of hydrogen-bond donors (Lipinski definition) is 0. The standard InChI is InChI=1S/C12H13NO2/c1-3-15-12(14)6-4-5-11-9-10(2)7-8-13-11/h7-9H,3,6H2,1-2H3. The van der Waals surface area contributed by atoms with E-state index in [-0.39, 0.29) is 12.4 Å². The van der Waals surface area contributed by atoms with Crippen molar-refractivity contribution in [3.05, 3.63) is 29.6 Å². The summed E-state index contributed by atoms with van der Waals surface area (Å²) in [6.45, 7) is 4.13. The van der Waals surface area contributed by atoms with Crippen LogP contribution < -0.4 is 0 Å². The summed E-state index contributed by atoms with van der Waals surface area (Å²) in [5.41, 5.74) is 1.78. The molecule has 0 aromatic carbocycles. The van der Waals surface area contributed by atoms with Crippen molar-refractivity contribution in [2.45, 2.75) is 20.3 Å². The maximum atomic E-state index is 11.0. The van der Waals surface area contributed by atoms with Crippen LogP contribution in [-0.2, 0) is 9.53 Å². The fourth-order valence-electron chi connectivity index (χ4n) is 1.02. The number of carbonyl (C=O) groups excluding carboxylic acids is 1. The fourth-order valence-corrected chi connectivity index (χ4v) is 1.02. The molecule has 0 amide bonds. The van der Waals surface area contributed by atoms with Gasteiger partial charge >= 0.3 is 5.97 Å². The van der Waals surface area contributed by atoms with Gasteiger partial charge in [-0.15, -0.1) is 0 Å². The van der Waals surface area contributed by atoms with E-state index in [2.05, 4.69) is 16.8 Å². The molecule has 0 bridgehead atoms. The molecule has 1 heterocycles. The molecule has 0 saturated heterocycles. The van der Waals surface area contributed by atoms with E-state index in [4.69, 9.17) is 4.74 Å². The number of esters is 1. The van der Waals surface area contributed by atoms with Gasteiger partial charge in [-0.1, -0.05) is 5.92 Å². The predicted molar refractivity (Wildman–Crippen MR) is 57.1 cm³/mol. The molecular formula is C12H13NO2. The summed E-state index contributed by atoms with van der Waals surface area (Å²) in [6.07, 6.45) is 1.81. The van der Waals surface area contributed by atoms with E-state index in [0.717, 1.165) is 5.56 Å². The average Bonchev–Trinajstić information content (AvgIpc) is 2.18. The third kappa shape index (κ3) is 4.28. The Bertz CT molecular complexity index is 402. The molecule has 0 aliphatic rings. The highest BCUT2D eigenvalue weighted by Crippen LogP contribution is 1.97. The lowest BCUT2D eigenvalue weighted by Crippen LogP contribution is -2.01. The van der Waals surface area contributed by atoms with Crippen molar-refractivity contribution >= 4 is 5.97 Å². The highest BCUT2D eigenvalue weighted by molar-refractivity contribution is 5.72. The van der Waals surface area contributed by atoms with E-state index in [1.165, 1.54) is 0 Å². The van der Waals surface area contributed by atoms with Crippen LogP contribution in [0.2, 0.25) is 0 Å². The molecule has 78 valence electrons. The predicted octanol–water partition coefficient (Wildman–Crippen LogP) is 1.69. The van der Waals surface area contributed by atoms with Crippen LogP contribution in [0.3, 0.4) is 0 Å². The summed E-state index contributed by atoms with van der Waals surface area (Å²) in [4.78, 5) is 15.0. The van der Waals surface area contributed by atoms with Crippen molar-refractivity contribution in [1.29, 1.82) is 0 Å². The Labute approximate surface area is 89.5 Å². The number of carbonyl (C=O) groups is 1. The van der Waals surface area contributed by atoms with Gasteiger partial charge in [0.25, 0.3) is 0 Å². The van der Waals surface area contributed by atoms with Crippen LogP contribution in [0.25, 0.3) is 0 Å². The summed E-state index contributed by atoms with van der Waals surface area (Å²) in [7, 11) is 0. The normalized spacial score (nSPS) is 8.93. The smallest absolute Gasteiger partial charge is 0.317 e. The summed E-state index contributed by atoms with van der Waals surface area (Å²) in [6, 6.07) is 3.77. The lowest BCUT2D eigenvalue weighted by molar-refractivity contribution is -0.141. The number of nitrogens with zero attached hydrogens (tertiary/aromatic N) is 1. The van der Waals surface area contributed by atoms with Gasteiger partial charge in [-0.3, -0.25) is 4.79 Å². The zero-order valence-corrected chi connectivity index (χ0v) is 8.91. The van der Waals surface area contributed by atoms with Crippen LogP contribution in [0.5, 0.6) is 0 Å². The Morgan fingerprint density at radius 2 is 2.40 bits per heavy atom. The topological polar surface area (TPSA) is 39.2 Å². The summed E-state index contributed by atoms with van der Waals surface area (Å²) in [5.74, 6) is 5.25. The summed E-state index contributed by atoms with van der Waals surface area (Å²) < 4.78 is 4.74. The van der Waals surface area contributed by atoms with Gasteiger partial charge in [0, 0.05) is 6.20 Å². The molecule has 0 aliphatic heterocycles. The monoisotopic (exact) mass is 203 g/mol.